The molecule has 0 aliphatic heterocycles. The van der Waals surface area contributed by atoms with Gasteiger partial charge < -0.3 is 10.1 Å². The average Bonchev–Trinajstić information content (AvgIpc) is 2.44. The molecule has 0 spiro atoms. The summed E-state index contributed by atoms with van der Waals surface area (Å²) in [6.07, 6.45) is 15.6. The van der Waals surface area contributed by atoms with Gasteiger partial charge in [0.1, 0.15) is 0 Å². The summed E-state index contributed by atoms with van der Waals surface area (Å²) >= 11 is 0. The first kappa shape index (κ1) is 18.9. The summed E-state index contributed by atoms with van der Waals surface area (Å²) in [6.45, 7) is 4.43. The van der Waals surface area contributed by atoms with Crippen molar-refractivity contribution in [3.8, 4) is 0 Å². The van der Waals surface area contributed by atoms with Crippen molar-refractivity contribution in [3.05, 3.63) is 0 Å². The van der Waals surface area contributed by atoms with Crippen molar-refractivity contribution in [1.29, 1.82) is 0 Å². The molecule has 2 atom stereocenters. The zero-order valence-corrected chi connectivity index (χ0v) is 13.8. The van der Waals surface area contributed by atoms with E-state index in [0.29, 0.717) is 12.1 Å². The molecule has 2 heteroatoms. The third-order valence-electron chi connectivity index (χ3n) is 4.18. The SMILES string of the molecule is CCCCCCCCCCCCC(NC)C(C)OC. The Hall–Kier alpha value is -0.0800. The average molecular weight is 271 g/mol. The topological polar surface area (TPSA) is 21.3 Å². The van der Waals surface area contributed by atoms with Crippen LogP contribution in [0.3, 0.4) is 0 Å². The van der Waals surface area contributed by atoms with Gasteiger partial charge in [-0.1, -0.05) is 71.1 Å². The molecule has 0 aliphatic rings. The van der Waals surface area contributed by atoms with Gasteiger partial charge in [-0.05, 0) is 20.4 Å². The largest absolute Gasteiger partial charge is 0.380 e. The Balaban J connectivity index is 3.25. The van der Waals surface area contributed by atoms with Crippen molar-refractivity contribution in [1.82, 2.24) is 5.32 Å². The third kappa shape index (κ3) is 11.4. The Morgan fingerprint density at radius 1 is 0.842 bits per heavy atom. The Morgan fingerprint density at radius 3 is 1.74 bits per heavy atom. The van der Waals surface area contributed by atoms with Crippen LogP contribution in [0.1, 0.15) is 84.5 Å². The van der Waals surface area contributed by atoms with Crippen molar-refractivity contribution in [2.24, 2.45) is 0 Å². The van der Waals surface area contributed by atoms with Crippen LogP contribution in [0.5, 0.6) is 0 Å². The van der Waals surface area contributed by atoms with E-state index in [-0.39, 0.29) is 0 Å². The predicted molar refractivity (Wildman–Crippen MR) is 85.8 cm³/mol. The smallest absolute Gasteiger partial charge is 0.0696 e. The molecule has 0 saturated heterocycles. The van der Waals surface area contributed by atoms with Crippen LogP contribution in [0.4, 0.5) is 0 Å². The molecule has 116 valence electrons. The highest BCUT2D eigenvalue weighted by atomic mass is 16.5. The predicted octanol–water partition coefficient (Wildman–Crippen LogP) is 4.92. The van der Waals surface area contributed by atoms with Gasteiger partial charge in [0.05, 0.1) is 6.10 Å². The highest BCUT2D eigenvalue weighted by molar-refractivity contribution is 4.71. The molecular weight excluding hydrogens is 234 g/mol. The number of nitrogens with one attached hydrogen (secondary N) is 1. The molecule has 0 heterocycles. The van der Waals surface area contributed by atoms with E-state index in [0.717, 1.165) is 0 Å². The number of unbranched alkanes of at least 4 members (excludes halogenated alkanes) is 9. The van der Waals surface area contributed by atoms with Gasteiger partial charge >= 0.3 is 0 Å². The van der Waals surface area contributed by atoms with Crippen molar-refractivity contribution >= 4 is 0 Å². The first-order valence-electron chi connectivity index (χ1n) is 8.46. The number of hydrogen-bond acceptors (Lipinski definition) is 2. The number of ether oxygens (including phenoxy) is 1. The van der Waals surface area contributed by atoms with Crippen LogP contribution >= 0.6 is 0 Å². The van der Waals surface area contributed by atoms with Crippen molar-refractivity contribution in [3.63, 3.8) is 0 Å². The number of rotatable bonds is 14. The Morgan fingerprint density at radius 2 is 1.32 bits per heavy atom. The standard InChI is InChI=1S/C17H37NO/c1-5-6-7-8-9-10-11-12-13-14-15-17(18-3)16(2)19-4/h16-18H,5-15H2,1-4H3. The quantitative estimate of drug-likeness (QED) is 0.453. The molecule has 0 amide bonds. The Bertz CT molecular complexity index is 173. The fraction of sp³-hybridized carbons (Fsp3) is 1.00. The van der Waals surface area contributed by atoms with E-state index in [1.54, 1.807) is 7.11 Å². The normalized spacial score (nSPS) is 14.5. The number of likely N-dealkylation sites (N-methyl/N-ethyl adjacent to an activating group) is 1. The molecule has 0 radical (unpaired) electrons. The van der Waals surface area contributed by atoms with E-state index in [1.807, 2.05) is 7.05 Å². The lowest BCUT2D eigenvalue weighted by Gasteiger charge is -2.22. The molecule has 0 aliphatic carbocycles. The summed E-state index contributed by atoms with van der Waals surface area (Å²) in [6, 6.07) is 0.513. The monoisotopic (exact) mass is 271 g/mol. The van der Waals surface area contributed by atoms with Crippen LogP contribution in [0.2, 0.25) is 0 Å². The lowest BCUT2D eigenvalue weighted by Crippen LogP contribution is -2.36. The van der Waals surface area contributed by atoms with Gasteiger partial charge in [0.15, 0.2) is 0 Å². The second kappa shape index (κ2) is 14.3. The summed E-state index contributed by atoms with van der Waals surface area (Å²) in [5.74, 6) is 0. The zero-order chi connectivity index (χ0) is 14.3. The third-order valence-corrected chi connectivity index (χ3v) is 4.18. The van der Waals surface area contributed by atoms with Crippen LogP contribution in [0.15, 0.2) is 0 Å². The fourth-order valence-electron chi connectivity index (χ4n) is 2.63. The summed E-state index contributed by atoms with van der Waals surface area (Å²) in [5, 5.41) is 3.36. The van der Waals surface area contributed by atoms with Crippen LogP contribution < -0.4 is 5.32 Å². The minimum atomic E-state index is 0.323. The summed E-state index contributed by atoms with van der Waals surface area (Å²) in [4.78, 5) is 0. The van der Waals surface area contributed by atoms with Gasteiger partial charge in [0.25, 0.3) is 0 Å². The molecule has 0 fully saturated rings. The molecule has 0 aromatic carbocycles. The maximum absolute atomic E-state index is 5.38. The van der Waals surface area contributed by atoms with Crippen LogP contribution in [-0.4, -0.2) is 26.3 Å². The van der Waals surface area contributed by atoms with Gasteiger partial charge in [0.2, 0.25) is 0 Å². The van der Waals surface area contributed by atoms with Crippen molar-refractivity contribution in [2.75, 3.05) is 14.2 Å². The summed E-state index contributed by atoms with van der Waals surface area (Å²) in [5.41, 5.74) is 0. The van der Waals surface area contributed by atoms with Gasteiger partial charge in [-0.25, -0.2) is 0 Å². The van der Waals surface area contributed by atoms with E-state index < -0.39 is 0 Å². The van der Waals surface area contributed by atoms with E-state index in [1.165, 1.54) is 70.6 Å². The summed E-state index contributed by atoms with van der Waals surface area (Å²) in [7, 11) is 3.84. The first-order chi connectivity index (χ1) is 9.26. The molecule has 0 aromatic rings. The maximum Gasteiger partial charge on any atom is 0.0696 e. The molecular formula is C17H37NO. The lowest BCUT2D eigenvalue weighted by molar-refractivity contribution is 0.0818. The maximum atomic E-state index is 5.38. The highest BCUT2D eigenvalue weighted by Gasteiger charge is 2.13. The van der Waals surface area contributed by atoms with Crippen LogP contribution in [-0.2, 0) is 4.74 Å². The van der Waals surface area contributed by atoms with E-state index in [9.17, 15) is 0 Å². The van der Waals surface area contributed by atoms with Crippen LogP contribution in [0, 0.1) is 0 Å². The lowest BCUT2D eigenvalue weighted by atomic mass is 10.0. The van der Waals surface area contributed by atoms with Gasteiger partial charge in [-0.2, -0.15) is 0 Å². The molecule has 19 heavy (non-hydrogen) atoms. The molecule has 2 unspecified atom stereocenters. The molecule has 0 rings (SSSR count). The minimum Gasteiger partial charge on any atom is -0.380 e. The second-order valence-electron chi connectivity index (χ2n) is 5.81. The summed E-state index contributed by atoms with van der Waals surface area (Å²) < 4.78 is 5.38. The molecule has 0 bridgehead atoms. The Labute approximate surface area is 121 Å². The van der Waals surface area contributed by atoms with Gasteiger partial charge in [0, 0.05) is 13.2 Å². The van der Waals surface area contributed by atoms with Crippen LogP contribution in [0.25, 0.3) is 0 Å². The van der Waals surface area contributed by atoms with E-state index >= 15 is 0 Å². The molecule has 0 aromatic heterocycles. The van der Waals surface area contributed by atoms with E-state index in [4.69, 9.17) is 4.74 Å². The van der Waals surface area contributed by atoms with Crippen molar-refractivity contribution < 1.29 is 4.74 Å². The number of hydrogen-bond donors (Lipinski definition) is 1. The van der Waals surface area contributed by atoms with Gasteiger partial charge in [-0.15, -0.1) is 0 Å². The number of methoxy groups -OCH3 is 1. The first-order valence-corrected chi connectivity index (χ1v) is 8.46. The van der Waals surface area contributed by atoms with E-state index in [2.05, 4.69) is 19.2 Å². The highest BCUT2D eigenvalue weighted by Crippen LogP contribution is 2.13. The zero-order valence-electron chi connectivity index (χ0n) is 13.8. The second-order valence-corrected chi connectivity index (χ2v) is 5.81. The minimum absolute atomic E-state index is 0.323. The van der Waals surface area contributed by atoms with Crippen molar-refractivity contribution in [2.45, 2.75) is 96.6 Å². The Kier molecular flexibility index (Phi) is 14.3. The van der Waals surface area contributed by atoms with Gasteiger partial charge in [-0.3, -0.25) is 0 Å². The molecule has 1 N–H and O–H groups in total. The molecule has 0 saturated carbocycles. The molecule has 2 nitrogen and oxygen atoms in total. The fourth-order valence-corrected chi connectivity index (χ4v) is 2.63.